The molecule has 0 aliphatic carbocycles. The fourth-order valence-electron chi connectivity index (χ4n) is 1.61. The summed E-state index contributed by atoms with van der Waals surface area (Å²) >= 11 is 0. The van der Waals surface area contributed by atoms with Crippen molar-refractivity contribution in [1.82, 2.24) is 25.0 Å². The van der Waals surface area contributed by atoms with Gasteiger partial charge in [0.25, 0.3) is 5.56 Å². The van der Waals surface area contributed by atoms with Crippen LogP contribution in [0.1, 0.15) is 0 Å². The van der Waals surface area contributed by atoms with E-state index in [-0.39, 0.29) is 5.56 Å². The maximum Gasteiger partial charge on any atom is 0.290 e. The summed E-state index contributed by atoms with van der Waals surface area (Å²) in [5.74, 6) is 0. The Labute approximate surface area is 89.6 Å². The Bertz CT molecular complexity index is 686. The maximum absolute atomic E-state index is 11.7. The van der Waals surface area contributed by atoms with Crippen LogP contribution in [0.25, 0.3) is 16.6 Å². The van der Waals surface area contributed by atoms with Crippen LogP contribution >= 0.6 is 0 Å². The summed E-state index contributed by atoms with van der Waals surface area (Å²) in [7, 11) is 0. The molecule has 3 aromatic rings. The van der Waals surface area contributed by atoms with Crippen LogP contribution in [0.5, 0.6) is 0 Å². The minimum absolute atomic E-state index is 0.288. The van der Waals surface area contributed by atoms with Crippen molar-refractivity contribution in [2.75, 3.05) is 0 Å². The molecule has 3 rings (SSSR count). The molecule has 0 unspecified atom stereocenters. The molecule has 0 saturated heterocycles. The van der Waals surface area contributed by atoms with Crippen molar-refractivity contribution in [2.45, 2.75) is 0 Å². The Morgan fingerprint density at radius 2 is 2.12 bits per heavy atom. The maximum atomic E-state index is 11.7. The zero-order valence-corrected chi connectivity index (χ0v) is 8.16. The van der Waals surface area contributed by atoms with Gasteiger partial charge < -0.3 is 0 Å². The molecule has 0 amide bonds. The predicted molar refractivity (Wildman–Crippen MR) is 57.3 cm³/mol. The fraction of sp³-hybridized carbons (Fsp3) is 0. The quantitative estimate of drug-likeness (QED) is 0.638. The molecule has 0 fully saturated rings. The summed E-state index contributed by atoms with van der Waals surface area (Å²) in [5.41, 5.74) is 0.861. The van der Waals surface area contributed by atoms with E-state index < -0.39 is 0 Å². The first-order valence-electron chi connectivity index (χ1n) is 4.69. The molecule has 0 aliphatic heterocycles. The number of hydrogen-bond acceptors (Lipinski definition) is 4. The second-order valence-corrected chi connectivity index (χ2v) is 3.26. The summed E-state index contributed by atoms with van der Waals surface area (Å²) in [6, 6.07) is 7.36. The number of hydrogen-bond donors (Lipinski definition) is 1. The number of aromatic nitrogens is 5. The van der Waals surface area contributed by atoms with Crippen molar-refractivity contribution in [2.24, 2.45) is 0 Å². The van der Waals surface area contributed by atoms with E-state index in [1.165, 1.54) is 17.3 Å². The Kier molecular flexibility index (Phi) is 1.79. The summed E-state index contributed by atoms with van der Waals surface area (Å²) in [4.78, 5) is 15.6. The Morgan fingerprint density at radius 3 is 2.94 bits per heavy atom. The topological polar surface area (TPSA) is 76.5 Å². The number of aromatic amines is 1. The normalized spacial score (nSPS) is 10.8. The van der Waals surface area contributed by atoms with E-state index in [9.17, 15) is 4.79 Å². The first-order chi connectivity index (χ1) is 7.86. The molecular weight excluding hydrogens is 206 g/mol. The highest BCUT2D eigenvalue weighted by Crippen LogP contribution is 2.14. The average molecular weight is 213 g/mol. The SMILES string of the molecule is O=c1[nH]nc2ccccc2c1-n1cncn1. The number of rotatable bonds is 1. The number of benzene rings is 1. The lowest BCUT2D eigenvalue weighted by atomic mass is 10.2. The van der Waals surface area contributed by atoms with Crippen LogP contribution in [0, 0.1) is 0 Å². The number of H-pyrrole nitrogens is 1. The van der Waals surface area contributed by atoms with Gasteiger partial charge >= 0.3 is 0 Å². The second kappa shape index (κ2) is 3.27. The van der Waals surface area contributed by atoms with Gasteiger partial charge in [0.05, 0.1) is 5.52 Å². The van der Waals surface area contributed by atoms with E-state index in [4.69, 9.17) is 0 Å². The lowest BCUT2D eigenvalue weighted by Gasteiger charge is -2.02. The molecule has 16 heavy (non-hydrogen) atoms. The van der Waals surface area contributed by atoms with Gasteiger partial charge in [-0.3, -0.25) is 4.79 Å². The van der Waals surface area contributed by atoms with Crippen molar-refractivity contribution in [3.8, 4) is 5.69 Å². The van der Waals surface area contributed by atoms with Gasteiger partial charge in [0.1, 0.15) is 18.3 Å². The lowest BCUT2D eigenvalue weighted by molar-refractivity contribution is 0.856. The number of nitrogens with zero attached hydrogens (tertiary/aromatic N) is 4. The molecule has 0 radical (unpaired) electrons. The Balaban J connectivity index is 2.47. The molecule has 78 valence electrons. The highest BCUT2D eigenvalue weighted by atomic mass is 16.1. The Morgan fingerprint density at radius 1 is 1.25 bits per heavy atom. The first-order valence-corrected chi connectivity index (χ1v) is 4.69. The minimum atomic E-state index is -0.288. The van der Waals surface area contributed by atoms with E-state index in [1.54, 1.807) is 0 Å². The second-order valence-electron chi connectivity index (χ2n) is 3.26. The molecule has 1 N–H and O–H groups in total. The lowest BCUT2D eigenvalue weighted by Crippen LogP contribution is -2.16. The third-order valence-corrected chi connectivity index (χ3v) is 2.30. The minimum Gasteiger partial charge on any atom is -0.266 e. The van der Waals surface area contributed by atoms with Gasteiger partial charge in [-0.25, -0.2) is 14.8 Å². The molecule has 1 aromatic carbocycles. The van der Waals surface area contributed by atoms with Crippen molar-refractivity contribution >= 4 is 10.9 Å². The average Bonchev–Trinajstić information content (AvgIpc) is 2.82. The first kappa shape index (κ1) is 8.78. The number of nitrogens with one attached hydrogen (secondary N) is 1. The van der Waals surface area contributed by atoms with Crippen LogP contribution in [0.4, 0.5) is 0 Å². The summed E-state index contributed by atoms with van der Waals surface area (Å²) in [5, 5.41) is 11.1. The third kappa shape index (κ3) is 1.20. The van der Waals surface area contributed by atoms with Crippen LogP contribution in [0.2, 0.25) is 0 Å². The van der Waals surface area contributed by atoms with Crippen molar-refractivity contribution in [1.29, 1.82) is 0 Å². The van der Waals surface area contributed by atoms with Crippen LogP contribution < -0.4 is 5.56 Å². The van der Waals surface area contributed by atoms with E-state index >= 15 is 0 Å². The van der Waals surface area contributed by atoms with Crippen molar-refractivity contribution in [3.63, 3.8) is 0 Å². The van der Waals surface area contributed by atoms with Gasteiger partial charge in [0.15, 0.2) is 0 Å². The highest BCUT2D eigenvalue weighted by Gasteiger charge is 2.08. The van der Waals surface area contributed by atoms with E-state index in [1.807, 2.05) is 24.3 Å². The summed E-state index contributed by atoms with van der Waals surface area (Å²) in [6.07, 6.45) is 2.87. The fourth-order valence-corrected chi connectivity index (χ4v) is 1.61. The standard InChI is InChI=1S/C10H7N5O/c16-10-9(15-6-11-5-12-15)7-3-1-2-4-8(7)13-14-10/h1-6H,(H,14,16). The molecule has 0 spiro atoms. The summed E-state index contributed by atoms with van der Waals surface area (Å²) in [6.45, 7) is 0. The molecule has 0 bridgehead atoms. The van der Waals surface area contributed by atoms with E-state index in [0.717, 1.165) is 5.39 Å². The van der Waals surface area contributed by atoms with Gasteiger partial charge in [-0.05, 0) is 6.07 Å². The van der Waals surface area contributed by atoms with Crippen molar-refractivity contribution < 1.29 is 0 Å². The van der Waals surface area contributed by atoms with Crippen LogP contribution in [0.3, 0.4) is 0 Å². The van der Waals surface area contributed by atoms with Gasteiger partial charge in [-0.1, -0.05) is 18.2 Å². The molecule has 0 atom stereocenters. The largest absolute Gasteiger partial charge is 0.290 e. The predicted octanol–water partition coefficient (Wildman–Crippen LogP) is 0.504. The smallest absolute Gasteiger partial charge is 0.266 e. The van der Waals surface area contributed by atoms with Crippen LogP contribution in [-0.4, -0.2) is 25.0 Å². The number of fused-ring (bicyclic) bond motifs is 1. The number of para-hydroxylation sites is 1. The van der Waals surface area contributed by atoms with Gasteiger partial charge in [0.2, 0.25) is 0 Å². The zero-order chi connectivity index (χ0) is 11.0. The molecule has 2 heterocycles. The zero-order valence-electron chi connectivity index (χ0n) is 8.16. The van der Waals surface area contributed by atoms with Gasteiger partial charge in [-0.15, -0.1) is 0 Å². The molecule has 6 heteroatoms. The molecule has 0 saturated carbocycles. The Hall–Kier alpha value is -2.50. The molecule has 0 aliphatic rings. The summed E-state index contributed by atoms with van der Waals surface area (Å²) < 4.78 is 1.43. The van der Waals surface area contributed by atoms with Crippen LogP contribution in [-0.2, 0) is 0 Å². The van der Waals surface area contributed by atoms with Crippen molar-refractivity contribution in [3.05, 3.63) is 47.3 Å². The van der Waals surface area contributed by atoms with Gasteiger partial charge in [-0.2, -0.15) is 10.2 Å². The third-order valence-electron chi connectivity index (χ3n) is 2.30. The molecule has 6 nitrogen and oxygen atoms in total. The monoisotopic (exact) mass is 213 g/mol. The van der Waals surface area contributed by atoms with Crippen LogP contribution in [0.15, 0.2) is 41.7 Å². The van der Waals surface area contributed by atoms with E-state index in [2.05, 4.69) is 20.3 Å². The molecule has 2 aromatic heterocycles. The molecular formula is C10H7N5O. The highest BCUT2D eigenvalue weighted by molar-refractivity contribution is 5.85. The van der Waals surface area contributed by atoms with Gasteiger partial charge in [0, 0.05) is 5.39 Å². The van der Waals surface area contributed by atoms with E-state index in [0.29, 0.717) is 11.2 Å².